The maximum Gasteiger partial charge on any atom is 0.404 e. The fourth-order valence-corrected chi connectivity index (χ4v) is 5.10. The Kier molecular flexibility index (Phi) is 6.01. The van der Waals surface area contributed by atoms with Crippen LogP contribution in [-0.4, -0.2) is 44.1 Å². The molecule has 3 rings (SSSR count). The van der Waals surface area contributed by atoms with Crippen LogP contribution in [0.3, 0.4) is 0 Å². The summed E-state index contributed by atoms with van der Waals surface area (Å²) in [4.78, 5) is 10.9. The number of amides is 1. The summed E-state index contributed by atoms with van der Waals surface area (Å²) in [7, 11) is -1.88. The first-order valence-electron chi connectivity index (χ1n) is 9.28. The molecule has 1 aliphatic rings. The highest BCUT2D eigenvalue weighted by Crippen LogP contribution is 2.30. The monoisotopic (exact) mass is 390 g/mol. The second-order valence-electron chi connectivity index (χ2n) is 7.37. The van der Waals surface area contributed by atoms with Crippen molar-refractivity contribution in [1.29, 1.82) is 0 Å². The fourth-order valence-electron chi connectivity index (χ4n) is 3.82. The number of carbonyl (C=O) groups is 1. The molecule has 0 heterocycles. The molecule has 0 aromatic heterocycles. The van der Waals surface area contributed by atoms with E-state index in [1.165, 1.54) is 4.31 Å². The van der Waals surface area contributed by atoms with E-state index in [9.17, 15) is 13.2 Å². The van der Waals surface area contributed by atoms with E-state index < -0.39 is 16.1 Å². The third-order valence-corrected chi connectivity index (χ3v) is 7.27. The number of carboxylic acid groups (broad SMARTS) is 1. The third kappa shape index (κ3) is 4.78. The third-order valence-electron chi connectivity index (χ3n) is 5.45. The molecule has 2 aromatic carbocycles. The zero-order chi connectivity index (χ0) is 19.4. The molecule has 0 bridgehead atoms. The summed E-state index contributed by atoms with van der Waals surface area (Å²) in [5.74, 6) is 0.658. The highest BCUT2D eigenvalue weighted by atomic mass is 32.2. The van der Waals surface area contributed by atoms with Crippen LogP contribution in [0.5, 0.6) is 0 Å². The van der Waals surface area contributed by atoms with Crippen molar-refractivity contribution in [2.45, 2.75) is 30.6 Å². The van der Waals surface area contributed by atoms with Crippen molar-refractivity contribution in [3.63, 3.8) is 0 Å². The zero-order valence-electron chi connectivity index (χ0n) is 15.5. The number of hydrogen-bond acceptors (Lipinski definition) is 3. The maximum absolute atomic E-state index is 12.9. The lowest BCUT2D eigenvalue weighted by Gasteiger charge is -2.31. The molecule has 1 saturated carbocycles. The molecule has 146 valence electrons. The summed E-state index contributed by atoms with van der Waals surface area (Å²) in [6.07, 6.45) is 2.70. The lowest BCUT2D eigenvalue weighted by molar-refractivity contribution is 0.186. The van der Waals surface area contributed by atoms with Gasteiger partial charge in [-0.3, -0.25) is 0 Å². The standard InChI is InChI=1S/C20H26N2O4S/c1-22(14-16-8-6-15(7-9-16)13-21-20(23)24)27(25,26)19-11-10-17-4-2-3-5-18(17)12-19/h2-5,10-12,15-16,21H,6-9,13-14H2,1H3,(H,23,24)/t15-,16-. The minimum absolute atomic E-state index is 0.311. The topological polar surface area (TPSA) is 86.7 Å². The average Bonchev–Trinajstić information content (AvgIpc) is 2.67. The van der Waals surface area contributed by atoms with Crippen LogP contribution in [0.25, 0.3) is 10.8 Å². The molecule has 0 spiro atoms. The van der Waals surface area contributed by atoms with Gasteiger partial charge in [0.2, 0.25) is 10.0 Å². The van der Waals surface area contributed by atoms with Gasteiger partial charge in [-0.05, 0) is 60.4 Å². The second kappa shape index (κ2) is 8.27. The SMILES string of the molecule is CN(C[C@H]1CC[C@H](CNC(=O)O)CC1)S(=O)(=O)c1ccc2ccccc2c1. The molecule has 0 saturated heterocycles. The van der Waals surface area contributed by atoms with E-state index >= 15 is 0 Å². The Labute approximate surface area is 160 Å². The number of benzene rings is 2. The summed E-state index contributed by atoms with van der Waals surface area (Å²) < 4.78 is 27.3. The number of rotatable bonds is 6. The molecule has 7 heteroatoms. The molecule has 2 N–H and O–H groups in total. The van der Waals surface area contributed by atoms with Gasteiger partial charge in [0.1, 0.15) is 0 Å². The lowest BCUT2D eigenvalue weighted by Crippen LogP contribution is -2.35. The number of nitrogens with one attached hydrogen (secondary N) is 1. The Balaban J connectivity index is 1.61. The second-order valence-corrected chi connectivity index (χ2v) is 9.41. The molecule has 0 unspecified atom stereocenters. The molecule has 6 nitrogen and oxygen atoms in total. The van der Waals surface area contributed by atoms with Crippen LogP contribution in [-0.2, 0) is 10.0 Å². The van der Waals surface area contributed by atoms with Crippen LogP contribution < -0.4 is 5.32 Å². The smallest absolute Gasteiger partial charge is 0.404 e. The Bertz CT molecular complexity index is 905. The van der Waals surface area contributed by atoms with E-state index in [4.69, 9.17) is 5.11 Å². The minimum Gasteiger partial charge on any atom is -0.465 e. The Morgan fingerprint density at radius 2 is 1.70 bits per heavy atom. The summed E-state index contributed by atoms with van der Waals surface area (Å²) in [6.45, 7) is 0.974. The Morgan fingerprint density at radius 1 is 1.07 bits per heavy atom. The molecule has 2 aromatic rings. The van der Waals surface area contributed by atoms with Gasteiger partial charge in [-0.25, -0.2) is 17.5 Å². The van der Waals surface area contributed by atoms with Crippen LogP contribution in [0.15, 0.2) is 47.4 Å². The summed E-state index contributed by atoms with van der Waals surface area (Å²) >= 11 is 0. The molecule has 0 aliphatic heterocycles. The van der Waals surface area contributed by atoms with Gasteiger partial charge >= 0.3 is 6.09 Å². The average molecular weight is 391 g/mol. The van der Waals surface area contributed by atoms with Gasteiger partial charge in [0.05, 0.1) is 4.90 Å². The summed E-state index contributed by atoms with van der Waals surface area (Å²) in [5.41, 5.74) is 0. The van der Waals surface area contributed by atoms with Gasteiger partial charge in [-0.1, -0.05) is 30.3 Å². The number of fused-ring (bicyclic) bond motifs is 1. The fraction of sp³-hybridized carbons (Fsp3) is 0.450. The van der Waals surface area contributed by atoms with E-state index in [2.05, 4.69) is 5.32 Å². The van der Waals surface area contributed by atoms with Gasteiger partial charge in [0, 0.05) is 20.1 Å². The maximum atomic E-state index is 12.9. The highest BCUT2D eigenvalue weighted by Gasteiger charge is 2.27. The molecule has 1 fully saturated rings. The van der Waals surface area contributed by atoms with Gasteiger partial charge in [-0.2, -0.15) is 0 Å². The van der Waals surface area contributed by atoms with Crippen LogP contribution in [0, 0.1) is 11.8 Å². The van der Waals surface area contributed by atoms with Crippen molar-refractivity contribution < 1.29 is 18.3 Å². The minimum atomic E-state index is -3.52. The van der Waals surface area contributed by atoms with Gasteiger partial charge in [0.25, 0.3) is 0 Å². The van der Waals surface area contributed by atoms with Gasteiger partial charge < -0.3 is 10.4 Å². The van der Waals surface area contributed by atoms with Crippen molar-refractivity contribution >= 4 is 26.9 Å². The molecule has 27 heavy (non-hydrogen) atoms. The Hall–Kier alpha value is -2.12. The lowest BCUT2D eigenvalue weighted by atomic mass is 9.82. The largest absolute Gasteiger partial charge is 0.465 e. The molecule has 1 amide bonds. The molecule has 0 radical (unpaired) electrons. The van der Waals surface area contributed by atoms with Crippen molar-refractivity contribution in [1.82, 2.24) is 9.62 Å². The van der Waals surface area contributed by atoms with Gasteiger partial charge in [0.15, 0.2) is 0 Å². The molecule has 1 aliphatic carbocycles. The highest BCUT2D eigenvalue weighted by molar-refractivity contribution is 7.89. The predicted octanol–water partition coefficient (Wildman–Crippen LogP) is 3.53. The van der Waals surface area contributed by atoms with E-state index in [-0.39, 0.29) is 0 Å². The van der Waals surface area contributed by atoms with Gasteiger partial charge in [-0.15, -0.1) is 0 Å². The zero-order valence-corrected chi connectivity index (χ0v) is 16.3. The number of sulfonamides is 1. The van der Waals surface area contributed by atoms with Crippen molar-refractivity contribution in [2.75, 3.05) is 20.1 Å². The van der Waals surface area contributed by atoms with Crippen LogP contribution in [0.2, 0.25) is 0 Å². The van der Waals surface area contributed by atoms with E-state index in [1.54, 1.807) is 19.2 Å². The van der Waals surface area contributed by atoms with E-state index in [1.807, 2.05) is 30.3 Å². The first-order valence-corrected chi connectivity index (χ1v) is 10.7. The van der Waals surface area contributed by atoms with E-state index in [0.717, 1.165) is 36.5 Å². The summed E-state index contributed by atoms with van der Waals surface area (Å²) in [6, 6.07) is 13.0. The van der Waals surface area contributed by atoms with Crippen molar-refractivity contribution in [3.05, 3.63) is 42.5 Å². The van der Waals surface area contributed by atoms with Crippen LogP contribution in [0.4, 0.5) is 4.79 Å². The molecular weight excluding hydrogens is 364 g/mol. The van der Waals surface area contributed by atoms with Crippen LogP contribution in [0.1, 0.15) is 25.7 Å². The van der Waals surface area contributed by atoms with Crippen molar-refractivity contribution in [3.8, 4) is 0 Å². The van der Waals surface area contributed by atoms with E-state index in [0.29, 0.717) is 29.8 Å². The van der Waals surface area contributed by atoms with Crippen LogP contribution >= 0.6 is 0 Å². The first-order chi connectivity index (χ1) is 12.9. The molecule has 0 atom stereocenters. The first kappa shape index (κ1) is 19.6. The Morgan fingerprint density at radius 3 is 2.37 bits per heavy atom. The van der Waals surface area contributed by atoms with Crippen molar-refractivity contribution in [2.24, 2.45) is 11.8 Å². The molecular formula is C20H26N2O4S. The number of nitrogens with zero attached hydrogens (tertiary/aromatic N) is 1. The quantitative estimate of drug-likeness (QED) is 0.790. The predicted molar refractivity (Wildman–Crippen MR) is 105 cm³/mol. The number of hydrogen-bond donors (Lipinski definition) is 2. The normalized spacial score (nSPS) is 20.7. The summed E-state index contributed by atoms with van der Waals surface area (Å²) in [5, 5.41) is 13.1.